The number of rotatable bonds is 0. The minimum absolute atomic E-state index is 1.06. The van der Waals surface area contributed by atoms with Crippen molar-refractivity contribution in [3.05, 3.63) is 12.2 Å². The van der Waals surface area contributed by atoms with Gasteiger partial charge in [0.1, 0.15) is 0 Å². The largest absolute Gasteiger partial charge is 0.0882 e. The summed E-state index contributed by atoms with van der Waals surface area (Å²) in [4.78, 5) is 0. The number of hydrogen-bond acceptors (Lipinski definition) is 0. The van der Waals surface area contributed by atoms with E-state index in [1.54, 1.807) is 0 Å². The second kappa shape index (κ2) is 3.71. The maximum atomic E-state index is 2.31. The van der Waals surface area contributed by atoms with E-state index < -0.39 is 0 Å². The van der Waals surface area contributed by atoms with Gasteiger partial charge in [0.15, 0.2) is 0 Å². The van der Waals surface area contributed by atoms with Crippen molar-refractivity contribution in [1.29, 1.82) is 0 Å². The van der Waals surface area contributed by atoms with Gasteiger partial charge in [-0.2, -0.15) is 0 Å². The molecule has 0 aromatic carbocycles. The van der Waals surface area contributed by atoms with Crippen LogP contribution in [0.2, 0.25) is 0 Å². The second-order valence-electron chi connectivity index (χ2n) is 3.08. The first-order valence-electron chi connectivity index (χ1n) is 4.04. The molecule has 0 bridgehead atoms. The maximum Gasteiger partial charge on any atom is -0.0316 e. The van der Waals surface area contributed by atoms with Crippen LogP contribution in [0, 0.1) is 5.92 Å². The molecule has 0 N–H and O–H groups in total. The molecule has 2 aliphatic rings. The molecule has 1 saturated carbocycles. The van der Waals surface area contributed by atoms with E-state index in [2.05, 4.69) is 19.1 Å². The first kappa shape index (κ1) is 6.85. The number of allylic oxidation sites excluding steroid dienone is 2. The molecule has 2 rings (SSSR count). The molecule has 0 aromatic rings. The Bertz CT molecular complexity index is 82.2. The average Bonchev–Trinajstić information content (AvgIpc) is 1.56. The monoisotopic (exact) mass is 124 g/mol. The van der Waals surface area contributed by atoms with Crippen LogP contribution in [-0.2, 0) is 0 Å². The van der Waals surface area contributed by atoms with E-state index in [0.29, 0.717) is 0 Å². The normalized spacial score (nSPS) is 23.2. The van der Waals surface area contributed by atoms with Gasteiger partial charge < -0.3 is 0 Å². The van der Waals surface area contributed by atoms with Crippen LogP contribution in [0.25, 0.3) is 0 Å². The molecule has 0 amide bonds. The van der Waals surface area contributed by atoms with Crippen molar-refractivity contribution in [2.75, 3.05) is 0 Å². The minimum atomic E-state index is 1.06. The first-order chi connectivity index (χ1) is 4.39. The van der Waals surface area contributed by atoms with Crippen LogP contribution in [0.4, 0.5) is 0 Å². The van der Waals surface area contributed by atoms with Gasteiger partial charge in [0.2, 0.25) is 0 Å². The Morgan fingerprint density at radius 3 is 1.44 bits per heavy atom. The predicted molar refractivity (Wildman–Crippen MR) is 41.4 cm³/mol. The standard InChI is InChI=1S/C5H10.C4H6/c1-5-3-2-4-5;1-2-4-3-1/h5H,2-4H2,1H3;1-2H,3-4H2. The zero-order valence-electron chi connectivity index (χ0n) is 6.27. The molecule has 0 radical (unpaired) electrons. The van der Waals surface area contributed by atoms with Crippen LogP contribution in [0.3, 0.4) is 0 Å². The Hall–Kier alpha value is -0.260. The third kappa shape index (κ3) is 2.69. The Kier molecular flexibility index (Phi) is 2.82. The molecular weight excluding hydrogens is 108 g/mol. The summed E-state index contributed by atoms with van der Waals surface area (Å²) in [6.45, 7) is 2.31. The van der Waals surface area contributed by atoms with Crippen LogP contribution < -0.4 is 0 Å². The highest BCUT2D eigenvalue weighted by Gasteiger charge is 2.09. The molecule has 2 aliphatic carbocycles. The van der Waals surface area contributed by atoms with E-state index in [1.807, 2.05) is 0 Å². The fourth-order valence-corrected chi connectivity index (χ4v) is 0.779. The molecule has 0 spiro atoms. The SMILES string of the molecule is C1=CCC1.CC1CCC1. The van der Waals surface area contributed by atoms with E-state index in [1.165, 1.54) is 32.1 Å². The van der Waals surface area contributed by atoms with Gasteiger partial charge in [-0.05, 0) is 18.8 Å². The van der Waals surface area contributed by atoms with Gasteiger partial charge in [-0.3, -0.25) is 0 Å². The van der Waals surface area contributed by atoms with E-state index >= 15 is 0 Å². The molecule has 1 fully saturated rings. The third-order valence-corrected chi connectivity index (χ3v) is 2.06. The van der Waals surface area contributed by atoms with Gasteiger partial charge in [-0.15, -0.1) is 0 Å². The molecule has 0 unspecified atom stereocenters. The Labute approximate surface area is 58.0 Å². The van der Waals surface area contributed by atoms with Crippen LogP contribution in [0.15, 0.2) is 12.2 Å². The molecule has 52 valence electrons. The highest BCUT2D eigenvalue weighted by Crippen LogP contribution is 2.24. The van der Waals surface area contributed by atoms with Crippen molar-refractivity contribution in [3.8, 4) is 0 Å². The zero-order valence-corrected chi connectivity index (χ0v) is 6.27. The second-order valence-corrected chi connectivity index (χ2v) is 3.08. The minimum Gasteiger partial charge on any atom is -0.0882 e. The van der Waals surface area contributed by atoms with Crippen molar-refractivity contribution in [2.24, 2.45) is 5.92 Å². The van der Waals surface area contributed by atoms with Gasteiger partial charge in [0.25, 0.3) is 0 Å². The lowest BCUT2D eigenvalue weighted by Crippen LogP contribution is -2.04. The Balaban J connectivity index is 0.0000000922. The van der Waals surface area contributed by atoms with Crippen molar-refractivity contribution in [3.63, 3.8) is 0 Å². The summed E-state index contributed by atoms with van der Waals surface area (Å²) in [7, 11) is 0. The van der Waals surface area contributed by atoms with E-state index in [4.69, 9.17) is 0 Å². The van der Waals surface area contributed by atoms with Gasteiger partial charge in [0.05, 0.1) is 0 Å². The average molecular weight is 124 g/mol. The summed E-state index contributed by atoms with van der Waals surface area (Å²) in [6, 6.07) is 0. The molecule has 0 aromatic heterocycles. The van der Waals surface area contributed by atoms with Crippen LogP contribution >= 0.6 is 0 Å². The molecule has 0 saturated heterocycles. The highest BCUT2D eigenvalue weighted by molar-refractivity contribution is 4.92. The van der Waals surface area contributed by atoms with Crippen molar-refractivity contribution < 1.29 is 0 Å². The predicted octanol–water partition coefficient (Wildman–Crippen LogP) is 3.14. The fraction of sp³-hybridized carbons (Fsp3) is 0.778. The summed E-state index contributed by atoms with van der Waals surface area (Å²) in [5.41, 5.74) is 0. The highest BCUT2D eigenvalue weighted by atomic mass is 14.1. The number of hydrogen-bond donors (Lipinski definition) is 0. The van der Waals surface area contributed by atoms with E-state index in [0.717, 1.165) is 5.92 Å². The van der Waals surface area contributed by atoms with Crippen molar-refractivity contribution >= 4 is 0 Å². The topological polar surface area (TPSA) is 0 Å². The summed E-state index contributed by atoms with van der Waals surface area (Å²) in [5, 5.41) is 0. The Morgan fingerprint density at radius 1 is 1.11 bits per heavy atom. The van der Waals surface area contributed by atoms with Crippen molar-refractivity contribution in [1.82, 2.24) is 0 Å². The van der Waals surface area contributed by atoms with Gasteiger partial charge >= 0.3 is 0 Å². The van der Waals surface area contributed by atoms with Crippen LogP contribution in [0.1, 0.15) is 39.0 Å². The zero-order chi connectivity index (χ0) is 6.53. The fourth-order valence-electron chi connectivity index (χ4n) is 0.779. The molecule has 0 nitrogen and oxygen atoms in total. The molecule has 0 heteroatoms. The smallest absolute Gasteiger partial charge is 0.0316 e. The summed E-state index contributed by atoms with van der Waals surface area (Å²) >= 11 is 0. The van der Waals surface area contributed by atoms with Crippen LogP contribution in [-0.4, -0.2) is 0 Å². The Morgan fingerprint density at radius 2 is 1.44 bits per heavy atom. The first-order valence-corrected chi connectivity index (χ1v) is 4.04. The summed E-state index contributed by atoms with van der Waals surface area (Å²) in [5.74, 6) is 1.06. The molecular formula is C9H16. The lowest BCUT2D eigenvalue weighted by Gasteiger charge is -2.18. The van der Waals surface area contributed by atoms with Crippen molar-refractivity contribution in [2.45, 2.75) is 39.0 Å². The lowest BCUT2D eigenvalue weighted by molar-refractivity contribution is 0.346. The quantitative estimate of drug-likeness (QED) is 0.435. The maximum absolute atomic E-state index is 2.31. The molecule has 0 atom stereocenters. The third-order valence-electron chi connectivity index (χ3n) is 2.06. The van der Waals surface area contributed by atoms with E-state index in [-0.39, 0.29) is 0 Å². The van der Waals surface area contributed by atoms with Gasteiger partial charge in [0, 0.05) is 0 Å². The summed E-state index contributed by atoms with van der Waals surface area (Å²) in [6.07, 6.45) is 11.5. The molecule has 0 aliphatic heterocycles. The molecule has 0 heterocycles. The van der Waals surface area contributed by atoms with Crippen LogP contribution in [0.5, 0.6) is 0 Å². The van der Waals surface area contributed by atoms with Gasteiger partial charge in [-0.25, -0.2) is 0 Å². The van der Waals surface area contributed by atoms with E-state index in [9.17, 15) is 0 Å². The lowest BCUT2D eigenvalue weighted by atomic mass is 9.88. The summed E-state index contributed by atoms with van der Waals surface area (Å²) < 4.78 is 0. The molecule has 9 heavy (non-hydrogen) atoms. The van der Waals surface area contributed by atoms with Gasteiger partial charge in [-0.1, -0.05) is 38.3 Å².